The normalized spacial score (nSPS) is 11.5. The third-order valence-corrected chi connectivity index (χ3v) is 7.82. The molecular formula is C32H10BF20N. The summed E-state index contributed by atoms with van der Waals surface area (Å²) in [6, 6.07) is 6.01. The minimum Gasteiger partial charge on any atom is -0.207 e. The molecule has 5 aromatic rings. The molecule has 4 aromatic carbocycles. The Hall–Kier alpha value is -5.57. The Bertz CT molecular complexity index is 1950. The lowest BCUT2D eigenvalue weighted by molar-refractivity contribution is -0.687. The lowest BCUT2D eigenvalue weighted by atomic mass is 9.12. The van der Waals surface area contributed by atoms with Gasteiger partial charge in [-0.05, 0) is 6.08 Å². The summed E-state index contributed by atoms with van der Waals surface area (Å²) in [4.78, 5) is 0. The van der Waals surface area contributed by atoms with Gasteiger partial charge in [0.25, 0.3) is 0 Å². The van der Waals surface area contributed by atoms with Gasteiger partial charge in [0, 0.05) is 12.1 Å². The zero-order valence-electron chi connectivity index (χ0n) is 25.5. The number of hydrogen-bond donors (Lipinski definition) is 0. The minimum atomic E-state index is -7.22. The summed E-state index contributed by atoms with van der Waals surface area (Å²) in [5.41, 5.74) is -14.3. The quantitative estimate of drug-likeness (QED) is 0.0435. The van der Waals surface area contributed by atoms with E-state index in [1.54, 1.807) is 0 Å². The third-order valence-electron chi connectivity index (χ3n) is 7.82. The van der Waals surface area contributed by atoms with E-state index < -0.39 is 144 Å². The van der Waals surface area contributed by atoms with Crippen LogP contribution in [0.2, 0.25) is 0 Å². The first-order valence-electron chi connectivity index (χ1n) is 13.9. The molecule has 0 saturated heterocycles. The molecular weight excluding hydrogens is 789 g/mol. The molecule has 5 rings (SSSR count). The van der Waals surface area contributed by atoms with Crippen LogP contribution in [0.15, 0.2) is 43.2 Å². The van der Waals surface area contributed by atoms with Crippen molar-refractivity contribution < 1.29 is 92.4 Å². The van der Waals surface area contributed by atoms with Crippen molar-refractivity contribution in [2.75, 3.05) is 0 Å². The van der Waals surface area contributed by atoms with Crippen molar-refractivity contribution in [1.82, 2.24) is 0 Å². The lowest BCUT2D eigenvalue weighted by Gasteiger charge is -2.44. The zero-order chi connectivity index (χ0) is 40.9. The van der Waals surface area contributed by atoms with Crippen molar-refractivity contribution >= 4 is 28.0 Å². The summed E-state index contributed by atoms with van der Waals surface area (Å²) in [5, 5.41) is 0. The van der Waals surface area contributed by atoms with Crippen molar-refractivity contribution in [3.63, 3.8) is 0 Å². The number of aromatic nitrogens is 1. The fourth-order valence-electron chi connectivity index (χ4n) is 5.58. The first-order chi connectivity index (χ1) is 25.1. The van der Waals surface area contributed by atoms with Crippen LogP contribution in [0.3, 0.4) is 0 Å². The summed E-state index contributed by atoms with van der Waals surface area (Å²) in [7, 11) is 0. The van der Waals surface area contributed by atoms with E-state index in [-0.39, 0.29) is 0 Å². The van der Waals surface area contributed by atoms with Crippen LogP contribution in [0.25, 0.3) is 0 Å². The second kappa shape index (κ2) is 15.1. The molecule has 0 aliphatic rings. The number of rotatable bonds is 6. The first-order valence-corrected chi connectivity index (χ1v) is 13.9. The molecule has 0 fully saturated rings. The van der Waals surface area contributed by atoms with Crippen molar-refractivity contribution in [3.8, 4) is 0 Å². The van der Waals surface area contributed by atoms with Gasteiger partial charge in [-0.1, -0.05) is 12.6 Å². The molecule has 0 amide bonds. The summed E-state index contributed by atoms with van der Waals surface area (Å²) < 4.78 is 296. The van der Waals surface area contributed by atoms with Crippen LogP contribution in [0.1, 0.15) is 0 Å². The maximum atomic E-state index is 15.4. The van der Waals surface area contributed by atoms with Gasteiger partial charge in [-0.2, -0.15) is 0 Å². The molecule has 0 spiro atoms. The van der Waals surface area contributed by atoms with Crippen LogP contribution in [0, 0.1) is 116 Å². The summed E-state index contributed by atoms with van der Waals surface area (Å²) >= 11 is 0. The van der Waals surface area contributed by atoms with E-state index in [9.17, 15) is 52.7 Å². The third kappa shape index (κ3) is 6.09. The maximum Gasteiger partial charge on any atom is 0.200 e. The van der Waals surface area contributed by atoms with Gasteiger partial charge >= 0.3 is 0 Å². The predicted octanol–water partition coefficient (Wildman–Crippen LogP) is 7.01. The van der Waals surface area contributed by atoms with E-state index in [1.807, 2.05) is 36.7 Å². The molecule has 0 atom stereocenters. The number of allylic oxidation sites excluding steroid dienone is 1. The molecule has 0 N–H and O–H groups in total. The van der Waals surface area contributed by atoms with E-state index >= 15 is 35.1 Å². The molecule has 0 aliphatic carbocycles. The van der Waals surface area contributed by atoms with Crippen LogP contribution < -0.4 is 26.4 Å². The van der Waals surface area contributed by atoms with Gasteiger partial charge in [-0.15, -0.1) is 21.9 Å². The summed E-state index contributed by atoms with van der Waals surface area (Å²) in [6.07, 6.45) is -1.31. The Labute approximate surface area is 286 Å². The zero-order valence-corrected chi connectivity index (χ0v) is 25.5. The number of pyridine rings is 1. The molecule has 22 heteroatoms. The molecule has 0 bridgehead atoms. The van der Waals surface area contributed by atoms with Crippen LogP contribution in [0.5, 0.6) is 0 Å². The molecule has 1 nitrogen and oxygen atoms in total. The van der Waals surface area contributed by atoms with Crippen LogP contribution in [0.4, 0.5) is 87.8 Å². The lowest BCUT2D eigenvalue weighted by Crippen LogP contribution is -2.81. The van der Waals surface area contributed by atoms with Gasteiger partial charge in [0.15, 0.2) is 88.7 Å². The van der Waals surface area contributed by atoms with Crippen LogP contribution in [-0.4, -0.2) is 6.15 Å². The van der Waals surface area contributed by atoms with E-state index in [0.29, 0.717) is 0 Å². The number of nitrogens with zero attached hydrogens (tertiary/aromatic N) is 1. The highest BCUT2D eigenvalue weighted by atomic mass is 19.2. The molecule has 286 valence electrons. The number of halogens is 20. The number of hydrogen-bond acceptors (Lipinski definition) is 0. The largest absolute Gasteiger partial charge is 0.207 e. The smallest absolute Gasteiger partial charge is 0.200 e. The second-order valence-electron chi connectivity index (χ2n) is 10.7. The standard InChI is InChI=1S/C24BF20.C8H10N/c26-5-1(6(27)14(35)21(42)13(5)34)25(2-7(28)15(36)22(43)16(37)8(2)29,3-9(30)17(38)23(44)18(39)10(3)31)4-11(32)19(40)24(45)20(41)12(4)33;1-2-6-9-7-4-3-5-8-9/h;2-5,7-8H,1,6H2/q-1;+1. The van der Waals surface area contributed by atoms with Gasteiger partial charge < -0.3 is 0 Å². The monoisotopic (exact) mass is 799 g/mol. The Balaban J connectivity index is 0.000000631. The highest BCUT2D eigenvalue weighted by Crippen LogP contribution is 2.30. The molecule has 54 heavy (non-hydrogen) atoms. The predicted molar refractivity (Wildman–Crippen MR) is 146 cm³/mol. The summed E-state index contributed by atoms with van der Waals surface area (Å²) in [5.74, 6) is -71.4. The van der Waals surface area contributed by atoms with E-state index in [4.69, 9.17) is 0 Å². The van der Waals surface area contributed by atoms with Crippen molar-refractivity contribution in [1.29, 1.82) is 0 Å². The van der Waals surface area contributed by atoms with Crippen LogP contribution in [-0.2, 0) is 6.54 Å². The molecule has 0 unspecified atom stereocenters. The Morgan fingerprint density at radius 3 is 0.704 bits per heavy atom. The SMILES string of the molecule is C=CC[n+]1ccccc1.Fc1c(F)c(F)c([B-](c2c(F)c(F)c(F)c(F)c2F)(c2c(F)c(F)c(F)c(F)c2F)c2c(F)c(F)c(F)c(F)c2F)c(F)c1F. The Morgan fingerprint density at radius 2 is 0.519 bits per heavy atom. The van der Waals surface area contributed by atoms with Gasteiger partial charge in [-0.25, -0.2) is 92.4 Å². The highest BCUT2D eigenvalue weighted by Gasteiger charge is 2.52. The maximum absolute atomic E-state index is 15.4. The average Bonchev–Trinajstić information content (AvgIpc) is 3.15. The fraction of sp³-hybridized carbons (Fsp3) is 0.0312. The molecule has 0 radical (unpaired) electrons. The summed E-state index contributed by atoms with van der Waals surface area (Å²) in [6.45, 7) is 4.52. The average molecular weight is 799 g/mol. The Morgan fingerprint density at radius 1 is 0.333 bits per heavy atom. The van der Waals surface area contributed by atoms with Gasteiger partial charge in [0.05, 0.1) is 0 Å². The first kappa shape index (κ1) is 41.2. The Kier molecular flexibility index (Phi) is 11.5. The second-order valence-corrected chi connectivity index (χ2v) is 10.7. The highest BCUT2D eigenvalue weighted by molar-refractivity contribution is 7.20. The van der Waals surface area contributed by atoms with Crippen molar-refractivity contribution in [2.24, 2.45) is 0 Å². The van der Waals surface area contributed by atoms with Crippen molar-refractivity contribution in [3.05, 3.63) is 160 Å². The number of benzene rings is 4. The van der Waals surface area contributed by atoms with E-state index in [2.05, 4.69) is 11.1 Å². The van der Waals surface area contributed by atoms with E-state index in [1.165, 1.54) is 0 Å². The van der Waals surface area contributed by atoms with Crippen molar-refractivity contribution in [2.45, 2.75) is 6.54 Å². The fourth-order valence-corrected chi connectivity index (χ4v) is 5.58. The minimum absolute atomic E-state index is 0.890. The van der Waals surface area contributed by atoms with Gasteiger partial charge in [-0.3, -0.25) is 0 Å². The molecule has 0 aliphatic heterocycles. The molecule has 1 aromatic heterocycles. The van der Waals surface area contributed by atoms with E-state index in [0.717, 1.165) is 6.54 Å². The van der Waals surface area contributed by atoms with Crippen LogP contribution >= 0.6 is 0 Å². The topological polar surface area (TPSA) is 3.88 Å². The molecule has 0 saturated carbocycles. The molecule has 1 heterocycles. The van der Waals surface area contributed by atoms with Gasteiger partial charge in [0.1, 0.15) is 52.7 Å². The van der Waals surface area contributed by atoms with Gasteiger partial charge in [0.2, 0.25) is 0 Å².